The van der Waals surface area contributed by atoms with Crippen LogP contribution in [0.1, 0.15) is 23.7 Å². The lowest BCUT2D eigenvalue weighted by molar-refractivity contribution is -0.119. The Kier molecular flexibility index (Phi) is 5.32. The summed E-state index contributed by atoms with van der Waals surface area (Å²) in [6.07, 6.45) is 0.707. The van der Waals surface area contributed by atoms with Crippen molar-refractivity contribution in [2.75, 3.05) is 18.9 Å². The maximum absolute atomic E-state index is 11.8. The second-order valence-electron chi connectivity index (χ2n) is 3.99. The van der Waals surface area contributed by atoms with Crippen LogP contribution in [0.5, 0.6) is 0 Å². The Labute approximate surface area is 107 Å². The summed E-state index contributed by atoms with van der Waals surface area (Å²) in [5, 5.41) is 5.31. The molecule has 0 fully saturated rings. The van der Waals surface area contributed by atoms with Crippen LogP contribution in [-0.2, 0) is 4.79 Å². The number of nitrogens with one attached hydrogen (secondary N) is 2. The molecule has 0 aliphatic heterocycles. The van der Waals surface area contributed by atoms with Crippen LogP contribution in [0.2, 0.25) is 0 Å². The molecule has 0 saturated heterocycles. The van der Waals surface area contributed by atoms with Gasteiger partial charge in [0.05, 0.1) is 5.92 Å². The molecule has 1 rings (SSSR count). The Hall–Kier alpha value is -1.88. The van der Waals surface area contributed by atoms with E-state index in [1.807, 2.05) is 6.92 Å². The van der Waals surface area contributed by atoms with Crippen LogP contribution < -0.4 is 16.4 Å². The Morgan fingerprint density at radius 1 is 1.28 bits per heavy atom. The molecule has 0 bridgehead atoms. The lowest BCUT2D eigenvalue weighted by Gasteiger charge is -2.12. The lowest BCUT2D eigenvalue weighted by Crippen LogP contribution is -2.28. The van der Waals surface area contributed by atoms with Gasteiger partial charge in [0.1, 0.15) is 0 Å². The van der Waals surface area contributed by atoms with Crippen LogP contribution >= 0.6 is 0 Å². The Morgan fingerprint density at radius 2 is 1.89 bits per heavy atom. The molecular weight excluding hydrogens is 230 g/mol. The second kappa shape index (κ2) is 6.76. The third-order valence-electron chi connectivity index (χ3n) is 2.79. The number of anilines is 1. The average molecular weight is 249 g/mol. The van der Waals surface area contributed by atoms with Gasteiger partial charge in [-0.05, 0) is 30.7 Å². The number of nitrogens with two attached hydrogens (primary N) is 1. The maximum Gasteiger partial charge on any atom is 0.251 e. The maximum atomic E-state index is 11.8. The third-order valence-corrected chi connectivity index (χ3v) is 2.79. The summed E-state index contributed by atoms with van der Waals surface area (Å²) < 4.78 is 0. The van der Waals surface area contributed by atoms with Crippen LogP contribution in [0.3, 0.4) is 0 Å². The minimum absolute atomic E-state index is 0.0901. The van der Waals surface area contributed by atoms with Gasteiger partial charge in [-0.15, -0.1) is 0 Å². The molecule has 1 atom stereocenters. The first-order valence-corrected chi connectivity index (χ1v) is 5.95. The van der Waals surface area contributed by atoms with Crippen molar-refractivity contribution in [3.05, 3.63) is 29.8 Å². The molecule has 5 nitrogen and oxygen atoms in total. The predicted octanol–water partition coefficient (Wildman–Crippen LogP) is 0.970. The van der Waals surface area contributed by atoms with E-state index in [-0.39, 0.29) is 17.7 Å². The highest BCUT2D eigenvalue weighted by molar-refractivity contribution is 5.96. The van der Waals surface area contributed by atoms with Crippen molar-refractivity contribution < 1.29 is 9.59 Å². The smallest absolute Gasteiger partial charge is 0.251 e. The molecule has 2 amide bonds. The van der Waals surface area contributed by atoms with Crippen LogP contribution in [0.15, 0.2) is 24.3 Å². The number of benzene rings is 1. The van der Waals surface area contributed by atoms with Gasteiger partial charge in [0.2, 0.25) is 5.91 Å². The van der Waals surface area contributed by atoms with Gasteiger partial charge in [0.25, 0.3) is 5.91 Å². The molecule has 0 spiro atoms. The topological polar surface area (TPSA) is 84.2 Å². The molecule has 5 heteroatoms. The average Bonchev–Trinajstić information content (AvgIpc) is 2.40. The van der Waals surface area contributed by atoms with Gasteiger partial charge in [-0.1, -0.05) is 6.92 Å². The van der Waals surface area contributed by atoms with E-state index in [0.29, 0.717) is 24.2 Å². The van der Waals surface area contributed by atoms with E-state index in [0.717, 1.165) is 0 Å². The number of carbonyl (C=O) groups excluding carboxylic acids is 2. The predicted molar refractivity (Wildman–Crippen MR) is 71.3 cm³/mol. The minimum atomic E-state index is -0.177. The van der Waals surface area contributed by atoms with Crippen molar-refractivity contribution in [2.45, 2.75) is 13.3 Å². The number of amides is 2. The van der Waals surface area contributed by atoms with Gasteiger partial charge >= 0.3 is 0 Å². The first kappa shape index (κ1) is 14.2. The molecule has 18 heavy (non-hydrogen) atoms. The quantitative estimate of drug-likeness (QED) is 0.727. The summed E-state index contributed by atoms with van der Waals surface area (Å²) >= 11 is 0. The molecule has 0 aliphatic rings. The van der Waals surface area contributed by atoms with Crippen LogP contribution in [-0.4, -0.2) is 25.4 Å². The summed E-state index contributed by atoms with van der Waals surface area (Å²) in [4.78, 5) is 23.1. The van der Waals surface area contributed by atoms with Crippen molar-refractivity contribution in [3.63, 3.8) is 0 Å². The zero-order valence-corrected chi connectivity index (χ0v) is 10.7. The molecule has 0 heterocycles. The van der Waals surface area contributed by atoms with Crippen LogP contribution in [0, 0.1) is 5.92 Å². The largest absolute Gasteiger partial charge is 0.355 e. The van der Waals surface area contributed by atoms with Crippen molar-refractivity contribution >= 4 is 17.5 Å². The third kappa shape index (κ3) is 3.56. The molecule has 0 radical (unpaired) electrons. The molecule has 98 valence electrons. The monoisotopic (exact) mass is 249 g/mol. The fourth-order valence-corrected chi connectivity index (χ4v) is 1.55. The zero-order chi connectivity index (χ0) is 13.5. The number of hydrogen-bond donors (Lipinski definition) is 3. The number of rotatable bonds is 5. The van der Waals surface area contributed by atoms with Gasteiger partial charge in [0, 0.05) is 24.8 Å². The molecule has 0 aromatic heterocycles. The van der Waals surface area contributed by atoms with Gasteiger partial charge in [-0.2, -0.15) is 0 Å². The summed E-state index contributed by atoms with van der Waals surface area (Å²) in [6.45, 7) is 2.25. The minimum Gasteiger partial charge on any atom is -0.355 e. The SMILES string of the molecule is CCC(CN)C(=O)Nc1ccc(C(=O)NC)cc1. The summed E-state index contributed by atoms with van der Waals surface area (Å²) in [7, 11) is 1.57. The van der Waals surface area contributed by atoms with E-state index in [1.165, 1.54) is 0 Å². The first-order valence-electron chi connectivity index (χ1n) is 5.95. The fourth-order valence-electron chi connectivity index (χ4n) is 1.55. The highest BCUT2D eigenvalue weighted by atomic mass is 16.2. The van der Waals surface area contributed by atoms with Crippen LogP contribution in [0.4, 0.5) is 5.69 Å². The van der Waals surface area contributed by atoms with Gasteiger partial charge < -0.3 is 16.4 Å². The molecule has 1 aromatic carbocycles. The van der Waals surface area contributed by atoms with E-state index < -0.39 is 0 Å². The van der Waals surface area contributed by atoms with Gasteiger partial charge in [0.15, 0.2) is 0 Å². The standard InChI is InChI=1S/C13H19N3O2/c1-3-9(8-14)13(18)16-11-6-4-10(5-7-11)12(17)15-2/h4-7,9H,3,8,14H2,1-2H3,(H,15,17)(H,16,18). The Morgan fingerprint density at radius 3 is 2.33 bits per heavy atom. The van der Waals surface area contributed by atoms with E-state index in [9.17, 15) is 9.59 Å². The van der Waals surface area contributed by atoms with E-state index in [1.54, 1.807) is 31.3 Å². The summed E-state index contributed by atoms with van der Waals surface area (Å²) in [6, 6.07) is 6.73. The fraction of sp³-hybridized carbons (Fsp3) is 0.385. The molecule has 0 aliphatic carbocycles. The molecule has 1 unspecified atom stereocenters. The van der Waals surface area contributed by atoms with Crippen molar-refractivity contribution in [1.29, 1.82) is 0 Å². The number of carbonyl (C=O) groups is 2. The Balaban J connectivity index is 2.69. The van der Waals surface area contributed by atoms with E-state index in [4.69, 9.17) is 5.73 Å². The van der Waals surface area contributed by atoms with Crippen molar-refractivity contribution in [1.82, 2.24) is 5.32 Å². The van der Waals surface area contributed by atoms with Gasteiger partial charge in [-0.3, -0.25) is 9.59 Å². The van der Waals surface area contributed by atoms with Crippen molar-refractivity contribution in [2.24, 2.45) is 11.7 Å². The molecular formula is C13H19N3O2. The van der Waals surface area contributed by atoms with Crippen LogP contribution in [0.25, 0.3) is 0 Å². The zero-order valence-electron chi connectivity index (χ0n) is 10.7. The summed E-state index contributed by atoms with van der Waals surface area (Å²) in [5.74, 6) is -0.419. The summed E-state index contributed by atoms with van der Waals surface area (Å²) in [5.41, 5.74) is 6.73. The van der Waals surface area contributed by atoms with Crippen molar-refractivity contribution in [3.8, 4) is 0 Å². The lowest BCUT2D eigenvalue weighted by atomic mass is 10.1. The van der Waals surface area contributed by atoms with E-state index >= 15 is 0 Å². The molecule has 4 N–H and O–H groups in total. The first-order chi connectivity index (χ1) is 8.62. The normalized spacial score (nSPS) is 11.7. The second-order valence-corrected chi connectivity index (χ2v) is 3.99. The highest BCUT2D eigenvalue weighted by Gasteiger charge is 2.14. The molecule has 1 aromatic rings. The Bertz CT molecular complexity index is 411. The van der Waals surface area contributed by atoms with E-state index in [2.05, 4.69) is 10.6 Å². The number of hydrogen-bond acceptors (Lipinski definition) is 3. The van der Waals surface area contributed by atoms with Gasteiger partial charge in [-0.25, -0.2) is 0 Å². The molecule has 0 saturated carbocycles. The highest BCUT2D eigenvalue weighted by Crippen LogP contribution is 2.12.